The SMILES string of the molecule is NCCCN(C(=O)NC1CCC1)c1ccccc1F. The Bertz CT molecular complexity index is 434. The van der Waals surface area contributed by atoms with Crippen molar-refractivity contribution in [1.82, 2.24) is 5.32 Å². The summed E-state index contributed by atoms with van der Waals surface area (Å²) in [6, 6.07) is 6.32. The van der Waals surface area contributed by atoms with Crippen LogP contribution < -0.4 is 16.0 Å². The lowest BCUT2D eigenvalue weighted by Gasteiger charge is -2.30. The summed E-state index contributed by atoms with van der Waals surface area (Å²) >= 11 is 0. The molecule has 1 fully saturated rings. The lowest BCUT2D eigenvalue weighted by Crippen LogP contribution is -2.48. The van der Waals surface area contributed by atoms with Crippen LogP contribution in [0.1, 0.15) is 25.7 Å². The molecule has 5 heteroatoms. The minimum absolute atomic E-state index is 0.233. The van der Waals surface area contributed by atoms with Crippen LogP contribution in [-0.4, -0.2) is 25.2 Å². The normalized spacial score (nSPS) is 14.8. The Hall–Kier alpha value is -1.62. The number of urea groups is 1. The van der Waals surface area contributed by atoms with E-state index in [0.29, 0.717) is 25.2 Å². The van der Waals surface area contributed by atoms with Crippen molar-refractivity contribution in [1.29, 1.82) is 0 Å². The Morgan fingerprint density at radius 2 is 2.16 bits per heavy atom. The van der Waals surface area contributed by atoms with Crippen molar-refractivity contribution < 1.29 is 9.18 Å². The smallest absolute Gasteiger partial charge is 0.322 e. The van der Waals surface area contributed by atoms with Gasteiger partial charge in [-0.3, -0.25) is 4.90 Å². The summed E-state index contributed by atoms with van der Waals surface area (Å²) in [5, 5.41) is 2.93. The summed E-state index contributed by atoms with van der Waals surface area (Å²) in [5.74, 6) is -0.386. The van der Waals surface area contributed by atoms with Crippen LogP contribution in [-0.2, 0) is 0 Å². The Morgan fingerprint density at radius 1 is 1.42 bits per heavy atom. The Labute approximate surface area is 112 Å². The molecule has 0 aliphatic heterocycles. The molecule has 2 rings (SSSR count). The van der Waals surface area contributed by atoms with E-state index in [1.807, 2.05) is 0 Å². The number of carbonyl (C=O) groups excluding carboxylic acids is 1. The molecule has 3 N–H and O–H groups in total. The van der Waals surface area contributed by atoms with Crippen LogP contribution in [0, 0.1) is 5.82 Å². The molecule has 0 spiro atoms. The number of para-hydroxylation sites is 1. The Morgan fingerprint density at radius 3 is 2.74 bits per heavy atom. The first-order valence-corrected chi connectivity index (χ1v) is 6.75. The van der Waals surface area contributed by atoms with Crippen molar-refractivity contribution in [2.24, 2.45) is 5.73 Å². The van der Waals surface area contributed by atoms with E-state index >= 15 is 0 Å². The molecule has 1 aliphatic rings. The number of nitrogens with one attached hydrogen (secondary N) is 1. The fraction of sp³-hybridized carbons (Fsp3) is 0.500. The third-order valence-electron chi connectivity index (χ3n) is 3.41. The van der Waals surface area contributed by atoms with E-state index in [2.05, 4.69) is 5.32 Å². The van der Waals surface area contributed by atoms with Crippen LogP contribution >= 0.6 is 0 Å². The number of rotatable bonds is 5. The lowest BCUT2D eigenvalue weighted by atomic mass is 9.93. The highest BCUT2D eigenvalue weighted by Crippen LogP contribution is 2.22. The summed E-state index contributed by atoms with van der Waals surface area (Å²) in [5.41, 5.74) is 5.79. The quantitative estimate of drug-likeness (QED) is 0.857. The fourth-order valence-electron chi connectivity index (χ4n) is 2.06. The standard InChI is InChI=1S/C14H20FN3O/c15-12-7-1-2-8-13(12)18(10-4-9-16)14(19)17-11-5-3-6-11/h1-2,7-8,11H,3-6,9-10,16H2,(H,17,19). The summed E-state index contributed by atoms with van der Waals surface area (Å²) in [6.45, 7) is 0.900. The van der Waals surface area contributed by atoms with Gasteiger partial charge in [0, 0.05) is 12.6 Å². The van der Waals surface area contributed by atoms with Crippen molar-refractivity contribution in [3.8, 4) is 0 Å². The van der Waals surface area contributed by atoms with Gasteiger partial charge in [-0.25, -0.2) is 9.18 Å². The third kappa shape index (κ3) is 3.44. The molecule has 1 aromatic carbocycles. The third-order valence-corrected chi connectivity index (χ3v) is 3.41. The molecule has 0 radical (unpaired) electrons. The van der Waals surface area contributed by atoms with E-state index in [4.69, 9.17) is 5.73 Å². The molecule has 0 bridgehead atoms. The number of nitrogens with zero attached hydrogens (tertiary/aromatic N) is 1. The minimum atomic E-state index is -0.386. The van der Waals surface area contributed by atoms with Crippen molar-refractivity contribution in [2.45, 2.75) is 31.7 Å². The molecule has 0 saturated heterocycles. The minimum Gasteiger partial charge on any atom is -0.335 e. The predicted molar refractivity (Wildman–Crippen MR) is 73.6 cm³/mol. The molecule has 0 aromatic heterocycles. The number of carbonyl (C=O) groups is 1. The van der Waals surface area contributed by atoms with Crippen molar-refractivity contribution in [3.05, 3.63) is 30.1 Å². The predicted octanol–water partition coefficient (Wildman–Crippen LogP) is 2.24. The zero-order valence-electron chi connectivity index (χ0n) is 10.9. The first-order valence-electron chi connectivity index (χ1n) is 6.75. The van der Waals surface area contributed by atoms with Crippen molar-refractivity contribution in [2.75, 3.05) is 18.0 Å². The van der Waals surface area contributed by atoms with Gasteiger partial charge in [0.1, 0.15) is 5.82 Å². The van der Waals surface area contributed by atoms with Gasteiger partial charge in [-0.15, -0.1) is 0 Å². The Kier molecular flexibility index (Phi) is 4.74. The highest BCUT2D eigenvalue weighted by molar-refractivity contribution is 5.92. The largest absolute Gasteiger partial charge is 0.335 e. The molecule has 0 atom stereocenters. The zero-order valence-corrected chi connectivity index (χ0v) is 10.9. The van der Waals surface area contributed by atoms with Crippen LogP contribution in [0.25, 0.3) is 0 Å². The highest BCUT2D eigenvalue weighted by Gasteiger charge is 2.24. The average Bonchev–Trinajstić information content (AvgIpc) is 2.36. The number of hydrogen-bond acceptors (Lipinski definition) is 2. The lowest BCUT2D eigenvalue weighted by molar-refractivity contribution is 0.233. The van der Waals surface area contributed by atoms with Crippen LogP contribution in [0.5, 0.6) is 0 Å². The maximum atomic E-state index is 13.8. The second kappa shape index (κ2) is 6.52. The molecule has 1 aliphatic carbocycles. The number of anilines is 1. The zero-order chi connectivity index (χ0) is 13.7. The summed E-state index contributed by atoms with van der Waals surface area (Å²) in [7, 11) is 0. The van der Waals surface area contributed by atoms with Crippen molar-refractivity contribution >= 4 is 11.7 Å². The maximum Gasteiger partial charge on any atom is 0.322 e. The molecule has 1 aromatic rings. The van der Waals surface area contributed by atoms with E-state index in [1.54, 1.807) is 18.2 Å². The molecule has 0 heterocycles. The second-order valence-electron chi connectivity index (χ2n) is 4.82. The molecule has 2 amide bonds. The number of halogens is 1. The molecule has 0 unspecified atom stereocenters. The molecular weight excluding hydrogens is 245 g/mol. The van der Waals surface area contributed by atoms with E-state index < -0.39 is 0 Å². The van der Waals surface area contributed by atoms with Gasteiger partial charge in [-0.1, -0.05) is 12.1 Å². The Balaban J connectivity index is 2.10. The topological polar surface area (TPSA) is 58.4 Å². The summed E-state index contributed by atoms with van der Waals surface area (Å²) in [6.07, 6.45) is 3.81. The van der Waals surface area contributed by atoms with Gasteiger partial charge in [0.25, 0.3) is 0 Å². The molecule has 1 saturated carbocycles. The number of amides is 2. The first kappa shape index (κ1) is 13.8. The van der Waals surface area contributed by atoms with Gasteiger partial charge in [-0.05, 0) is 44.4 Å². The average molecular weight is 265 g/mol. The van der Waals surface area contributed by atoms with Crippen LogP contribution in [0.3, 0.4) is 0 Å². The van der Waals surface area contributed by atoms with E-state index in [9.17, 15) is 9.18 Å². The maximum absolute atomic E-state index is 13.8. The van der Waals surface area contributed by atoms with Gasteiger partial charge in [0.2, 0.25) is 0 Å². The van der Waals surface area contributed by atoms with Gasteiger partial charge in [0.15, 0.2) is 0 Å². The number of benzene rings is 1. The van der Waals surface area contributed by atoms with E-state index in [0.717, 1.165) is 19.3 Å². The van der Waals surface area contributed by atoms with Crippen LogP contribution in [0.4, 0.5) is 14.9 Å². The molecule has 104 valence electrons. The molecule has 4 nitrogen and oxygen atoms in total. The van der Waals surface area contributed by atoms with Gasteiger partial charge < -0.3 is 11.1 Å². The first-order chi connectivity index (χ1) is 9.22. The second-order valence-corrected chi connectivity index (χ2v) is 4.82. The monoisotopic (exact) mass is 265 g/mol. The van der Waals surface area contributed by atoms with E-state index in [-0.39, 0.29) is 17.9 Å². The van der Waals surface area contributed by atoms with Crippen LogP contribution in [0.15, 0.2) is 24.3 Å². The van der Waals surface area contributed by atoms with E-state index in [1.165, 1.54) is 11.0 Å². The van der Waals surface area contributed by atoms with Crippen LogP contribution in [0.2, 0.25) is 0 Å². The number of nitrogens with two attached hydrogens (primary N) is 1. The summed E-state index contributed by atoms with van der Waals surface area (Å²) < 4.78 is 13.8. The van der Waals surface area contributed by atoms with Gasteiger partial charge in [0.05, 0.1) is 5.69 Å². The highest BCUT2D eigenvalue weighted by atomic mass is 19.1. The van der Waals surface area contributed by atoms with Gasteiger partial charge in [-0.2, -0.15) is 0 Å². The van der Waals surface area contributed by atoms with Crippen molar-refractivity contribution in [3.63, 3.8) is 0 Å². The molecule has 19 heavy (non-hydrogen) atoms. The number of hydrogen-bond donors (Lipinski definition) is 2. The fourth-order valence-corrected chi connectivity index (χ4v) is 2.06. The molecular formula is C14H20FN3O. The van der Waals surface area contributed by atoms with Gasteiger partial charge >= 0.3 is 6.03 Å². The summed E-state index contributed by atoms with van der Waals surface area (Å²) in [4.78, 5) is 13.7.